The number of oxazole rings is 1. The van der Waals surface area contributed by atoms with Crippen molar-refractivity contribution in [3.05, 3.63) is 53.2 Å². The maximum Gasteiger partial charge on any atom is 0.181 e. The molecule has 2 aromatic rings. The molecule has 0 spiro atoms. The molecule has 1 aromatic carbocycles. The second-order valence-electron chi connectivity index (χ2n) is 3.75. The Kier molecular flexibility index (Phi) is 2.13. The highest BCUT2D eigenvalue weighted by atomic mass is 79.9. The number of hydrogen-bond donors (Lipinski definition) is 0. The fourth-order valence-electron chi connectivity index (χ4n) is 2.15. The van der Waals surface area contributed by atoms with E-state index in [9.17, 15) is 0 Å². The number of alkyl halides is 1. The van der Waals surface area contributed by atoms with Crippen LogP contribution >= 0.6 is 15.9 Å². The quantitative estimate of drug-likeness (QED) is 0.778. The number of benzene rings is 1. The molecule has 0 fully saturated rings. The molecule has 0 aliphatic heterocycles. The van der Waals surface area contributed by atoms with E-state index in [0.29, 0.717) is 5.92 Å². The van der Waals surface area contributed by atoms with Crippen molar-refractivity contribution in [1.82, 2.24) is 4.98 Å². The average Bonchev–Trinajstić information content (AvgIpc) is 2.68. The summed E-state index contributed by atoms with van der Waals surface area (Å²) < 4.78 is 5.48. The molecule has 1 aromatic heterocycles. The van der Waals surface area contributed by atoms with Gasteiger partial charge in [0.2, 0.25) is 0 Å². The van der Waals surface area contributed by atoms with Crippen molar-refractivity contribution in [3.63, 3.8) is 0 Å². The van der Waals surface area contributed by atoms with Crippen LogP contribution in [0.1, 0.15) is 28.5 Å². The van der Waals surface area contributed by atoms with Gasteiger partial charge in [-0.3, -0.25) is 0 Å². The Morgan fingerprint density at radius 2 is 2.27 bits per heavy atom. The maximum absolute atomic E-state index is 5.48. The normalized spacial score (nSPS) is 18.3. The third-order valence-electron chi connectivity index (χ3n) is 2.97. The molecule has 1 unspecified atom stereocenters. The Labute approximate surface area is 96.5 Å². The molecule has 0 bridgehead atoms. The Balaban J connectivity index is 2.00. The predicted octanol–water partition coefficient (Wildman–Crippen LogP) is 3.26. The minimum Gasteiger partial charge on any atom is -0.448 e. The third kappa shape index (κ3) is 1.34. The summed E-state index contributed by atoms with van der Waals surface area (Å²) in [7, 11) is 0. The second kappa shape index (κ2) is 3.49. The van der Waals surface area contributed by atoms with Gasteiger partial charge in [0.1, 0.15) is 5.76 Å². The van der Waals surface area contributed by atoms with E-state index in [-0.39, 0.29) is 0 Å². The van der Waals surface area contributed by atoms with Gasteiger partial charge >= 0.3 is 0 Å². The van der Waals surface area contributed by atoms with Crippen LogP contribution in [-0.4, -0.2) is 4.98 Å². The lowest BCUT2D eigenvalue weighted by atomic mass is 9.76. The van der Waals surface area contributed by atoms with Crippen LogP contribution in [-0.2, 0) is 11.8 Å². The average molecular weight is 264 g/mol. The summed E-state index contributed by atoms with van der Waals surface area (Å²) in [5.41, 5.74) is 3.84. The monoisotopic (exact) mass is 263 g/mol. The molecule has 15 heavy (non-hydrogen) atoms. The standard InChI is InChI=1S/C12H10BrNO/c13-6-11-12(15-7-14-11)10-5-8-3-1-2-4-9(8)10/h1-4,7,10H,5-6H2. The summed E-state index contributed by atoms with van der Waals surface area (Å²) in [6.45, 7) is 0. The van der Waals surface area contributed by atoms with Crippen molar-refractivity contribution >= 4 is 15.9 Å². The summed E-state index contributed by atoms with van der Waals surface area (Å²) in [6.07, 6.45) is 2.61. The number of hydrogen-bond acceptors (Lipinski definition) is 2. The highest BCUT2D eigenvalue weighted by molar-refractivity contribution is 9.08. The zero-order chi connectivity index (χ0) is 10.3. The van der Waals surface area contributed by atoms with Gasteiger partial charge in [0.05, 0.1) is 5.69 Å². The van der Waals surface area contributed by atoms with E-state index in [1.165, 1.54) is 17.5 Å². The Morgan fingerprint density at radius 1 is 1.40 bits per heavy atom. The summed E-state index contributed by atoms with van der Waals surface area (Å²) in [5, 5.41) is 0.761. The minimum absolute atomic E-state index is 0.413. The Hall–Kier alpha value is -1.09. The van der Waals surface area contributed by atoms with Crippen LogP contribution in [0.2, 0.25) is 0 Å². The van der Waals surface area contributed by atoms with Crippen LogP contribution in [0.5, 0.6) is 0 Å². The highest BCUT2D eigenvalue weighted by Crippen LogP contribution is 2.41. The summed E-state index contributed by atoms with van der Waals surface area (Å²) in [4.78, 5) is 4.20. The molecule has 76 valence electrons. The number of rotatable bonds is 2. The van der Waals surface area contributed by atoms with E-state index in [2.05, 4.69) is 45.2 Å². The lowest BCUT2D eigenvalue weighted by Crippen LogP contribution is -2.18. The molecule has 0 amide bonds. The highest BCUT2D eigenvalue weighted by Gasteiger charge is 2.31. The van der Waals surface area contributed by atoms with Gasteiger partial charge in [-0.1, -0.05) is 40.2 Å². The maximum atomic E-state index is 5.48. The zero-order valence-electron chi connectivity index (χ0n) is 8.11. The molecular formula is C12H10BrNO. The molecule has 1 aliphatic rings. The van der Waals surface area contributed by atoms with Crippen LogP contribution in [0.25, 0.3) is 0 Å². The van der Waals surface area contributed by atoms with E-state index in [0.717, 1.165) is 23.2 Å². The van der Waals surface area contributed by atoms with Crippen molar-refractivity contribution in [1.29, 1.82) is 0 Å². The first-order valence-corrected chi connectivity index (χ1v) is 6.08. The van der Waals surface area contributed by atoms with E-state index >= 15 is 0 Å². The number of fused-ring (bicyclic) bond motifs is 1. The summed E-state index contributed by atoms with van der Waals surface area (Å²) >= 11 is 3.43. The van der Waals surface area contributed by atoms with Crippen LogP contribution < -0.4 is 0 Å². The largest absolute Gasteiger partial charge is 0.448 e. The lowest BCUT2D eigenvalue weighted by molar-refractivity contribution is 0.461. The number of aromatic nitrogens is 1. The molecule has 3 rings (SSSR count). The summed E-state index contributed by atoms with van der Waals surface area (Å²) in [6, 6.07) is 8.51. The van der Waals surface area contributed by atoms with Crippen LogP contribution in [0, 0.1) is 0 Å². The molecule has 0 saturated carbocycles. The van der Waals surface area contributed by atoms with Gasteiger partial charge in [-0.05, 0) is 17.5 Å². The fourth-order valence-corrected chi connectivity index (χ4v) is 2.58. The van der Waals surface area contributed by atoms with Gasteiger partial charge in [-0.2, -0.15) is 0 Å². The van der Waals surface area contributed by atoms with Gasteiger partial charge in [-0.15, -0.1) is 0 Å². The zero-order valence-corrected chi connectivity index (χ0v) is 9.70. The molecule has 3 heteroatoms. The first-order chi connectivity index (χ1) is 7.40. The van der Waals surface area contributed by atoms with Crippen molar-refractivity contribution in [3.8, 4) is 0 Å². The molecule has 1 atom stereocenters. The molecule has 0 saturated heterocycles. The fraction of sp³-hybridized carbons (Fsp3) is 0.250. The SMILES string of the molecule is BrCc1ncoc1C1Cc2ccccc21. The first-order valence-electron chi connectivity index (χ1n) is 4.96. The minimum atomic E-state index is 0.413. The van der Waals surface area contributed by atoms with Gasteiger partial charge in [0, 0.05) is 11.2 Å². The number of halogens is 1. The van der Waals surface area contributed by atoms with E-state index in [1.54, 1.807) is 0 Å². The first kappa shape index (κ1) is 9.16. The molecule has 1 aliphatic carbocycles. The Bertz CT molecular complexity index is 492. The van der Waals surface area contributed by atoms with E-state index < -0.39 is 0 Å². The topological polar surface area (TPSA) is 26.0 Å². The van der Waals surface area contributed by atoms with Crippen LogP contribution in [0.15, 0.2) is 35.1 Å². The van der Waals surface area contributed by atoms with Crippen LogP contribution in [0.4, 0.5) is 0 Å². The number of nitrogens with zero attached hydrogens (tertiary/aromatic N) is 1. The molecule has 1 heterocycles. The third-order valence-corrected chi connectivity index (χ3v) is 3.50. The van der Waals surface area contributed by atoms with Gasteiger partial charge in [-0.25, -0.2) is 4.98 Å². The second-order valence-corrected chi connectivity index (χ2v) is 4.31. The summed E-state index contributed by atoms with van der Waals surface area (Å²) in [5.74, 6) is 1.43. The van der Waals surface area contributed by atoms with E-state index in [1.807, 2.05) is 0 Å². The molecule has 0 radical (unpaired) electrons. The van der Waals surface area contributed by atoms with Gasteiger partial charge < -0.3 is 4.42 Å². The van der Waals surface area contributed by atoms with Gasteiger partial charge in [0.25, 0.3) is 0 Å². The molecular weight excluding hydrogens is 254 g/mol. The smallest absolute Gasteiger partial charge is 0.181 e. The van der Waals surface area contributed by atoms with Gasteiger partial charge in [0.15, 0.2) is 6.39 Å². The van der Waals surface area contributed by atoms with Crippen molar-refractivity contribution in [2.45, 2.75) is 17.7 Å². The molecule has 2 nitrogen and oxygen atoms in total. The van der Waals surface area contributed by atoms with Crippen molar-refractivity contribution in [2.75, 3.05) is 0 Å². The van der Waals surface area contributed by atoms with Crippen molar-refractivity contribution < 1.29 is 4.42 Å². The van der Waals surface area contributed by atoms with Crippen LogP contribution in [0.3, 0.4) is 0 Å². The predicted molar refractivity (Wildman–Crippen MR) is 61.1 cm³/mol. The Morgan fingerprint density at radius 3 is 3.07 bits per heavy atom. The van der Waals surface area contributed by atoms with E-state index in [4.69, 9.17) is 4.42 Å². The van der Waals surface area contributed by atoms with Crippen molar-refractivity contribution in [2.24, 2.45) is 0 Å². The molecule has 0 N–H and O–H groups in total. The lowest BCUT2D eigenvalue weighted by Gasteiger charge is -2.28.